The first-order valence-electron chi connectivity index (χ1n) is 9.18. The Morgan fingerprint density at radius 1 is 1.03 bits per heavy atom. The largest absolute Gasteiger partial charge is 0.382 e. The third-order valence-electron chi connectivity index (χ3n) is 4.52. The van der Waals surface area contributed by atoms with E-state index in [9.17, 15) is 4.79 Å². The van der Waals surface area contributed by atoms with Crippen molar-refractivity contribution in [2.75, 3.05) is 11.1 Å². The lowest BCUT2D eigenvalue weighted by Crippen LogP contribution is -2.25. The Bertz CT molecular complexity index is 1240. The molecule has 8 N–H and O–H groups in total. The number of nitrogens with one attached hydrogen (secondary N) is 2. The van der Waals surface area contributed by atoms with Crippen LogP contribution in [0, 0.1) is 0 Å². The predicted octanol–water partition coefficient (Wildman–Crippen LogP) is 2.23. The van der Waals surface area contributed by atoms with Gasteiger partial charge in [-0.15, -0.1) is 0 Å². The molecule has 0 saturated heterocycles. The minimum absolute atomic E-state index is 0.0638. The number of benzene rings is 2. The molecule has 0 fully saturated rings. The second-order valence-electron chi connectivity index (χ2n) is 6.58. The van der Waals surface area contributed by atoms with Crippen molar-refractivity contribution in [2.45, 2.75) is 6.54 Å². The number of hydrogen-bond donors (Lipinski definition) is 5. The molecule has 2 heterocycles. The van der Waals surface area contributed by atoms with Gasteiger partial charge in [-0.3, -0.25) is 4.79 Å². The molecule has 1 amide bonds. The van der Waals surface area contributed by atoms with Crippen molar-refractivity contribution >= 4 is 34.4 Å². The summed E-state index contributed by atoms with van der Waals surface area (Å²) in [5.41, 5.74) is 19.8. The number of fused-ring (bicyclic) bond motifs is 1. The Kier molecular flexibility index (Phi) is 5.00. The SMILES string of the molecule is NC(N)=NC(=O)c1nc(-c2ccccc2)c(NCc2c[nH]c3ccccc23)nc1N. The van der Waals surface area contributed by atoms with Crippen LogP contribution in [-0.2, 0) is 6.54 Å². The number of carbonyl (C=O) groups is 1. The van der Waals surface area contributed by atoms with E-state index in [0.717, 1.165) is 22.0 Å². The van der Waals surface area contributed by atoms with E-state index in [1.807, 2.05) is 60.8 Å². The van der Waals surface area contributed by atoms with E-state index in [-0.39, 0.29) is 17.5 Å². The summed E-state index contributed by atoms with van der Waals surface area (Å²) in [6.45, 7) is 0.485. The Morgan fingerprint density at radius 2 is 1.77 bits per heavy atom. The predicted molar refractivity (Wildman–Crippen MR) is 118 cm³/mol. The lowest BCUT2D eigenvalue weighted by molar-refractivity contribution is 0.0998. The second-order valence-corrected chi connectivity index (χ2v) is 6.58. The van der Waals surface area contributed by atoms with Gasteiger partial charge in [-0.05, 0) is 11.6 Å². The number of aliphatic imine (C=N–C) groups is 1. The highest BCUT2D eigenvalue weighted by molar-refractivity contribution is 6.04. The van der Waals surface area contributed by atoms with Crippen LogP contribution in [0.3, 0.4) is 0 Å². The lowest BCUT2D eigenvalue weighted by atomic mass is 10.1. The van der Waals surface area contributed by atoms with E-state index in [1.54, 1.807) is 0 Å². The molecule has 0 atom stereocenters. The molecule has 2 aromatic carbocycles. The first kappa shape index (κ1) is 18.9. The smallest absolute Gasteiger partial charge is 0.302 e. The molecule has 0 unspecified atom stereocenters. The third-order valence-corrected chi connectivity index (χ3v) is 4.52. The van der Waals surface area contributed by atoms with Crippen molar-refractivity contribution in [3.63, 3.8) is 0 Å². The van der Waals surface area contributed by atoms with Gasteiger partial charge in [0, 0.05) is 29.2 Å². The molecule has 0 radical (unpaired) electrons. The molecule has 150 valence electrons. The van der Waals surface area contributed by atoms with Gasteiger partial charge in [-0.2, -0.15) is 4.99 Å². The number of aromatic amines is 1. The number of amides is 1. The number of guanidine groups is 1. The summed E-state index contributed by atoms with van der Waals surface area (Å²) in [6, 6.07) is 17.4. The van der Waals surface area contributed by atoms with Gasteiger partial charge < -0.3 is 27.5 Å². The average molecular weight is 400 g/mol. The van der Waals surface area contributed by atoms with Crippen LogP contribution in [0.1, 0.15) is 16.1 Å². The van der Waals surface area contributed by atoms with E-state index in [1.165, 1.54) is 0 Å². The van der Waals surface area contributed by atoms with Gasteiger partial charge in [-0.1, -0.05) is 48.5 Å². The van der Waals surface area contributed by atoms with Gasteiger partial charge >= 0.3 is 5.91 Å². The number of carbonyl (C=O) groups excluding carboxylic acids is 1. The number of nitrogens with two attached hydrogens (primary N) is 3. The highest BCUT2D eigenvalue weighted by Crippen LogP contribution is 2.28. The van der Waals surface area contributed by atoms with Crippen molar-refractivity contribution in [3.8, 4) is 11.3 Å². The first-order chi connectivity index (χ1) is 14.5. The monoisotopic (exact) mass is 400 g/mol. The molecule has 0 aliphatic carbocycles. The standard InChI is InChI=1S/C21H20N8O/c22-18-17(20(30)29-21(23)24)27-16(12-6-2-1-3-7-12)19(28-18)26-11-13-10-25-15-9-5-4-8-14(13)15/h1-10,25H,11H2,(H3,22,26,28)(H4,23,24,29,30). The normalized spacial score (nSPS) is 10.7. The van der Waals surface area contributed by atoms with Gasteiger partial charge in [0.05, 0.1) is 0 Å². The minimum atomic E-state index is -0.750. The number of H-pyrrole nitrogens is 1. The van der Waals surface area contributed by atoms with Crippen LogP contribution in [0.5, 0.6) is 0 Å². The molecule has 30 heavy (non-hydrogen) atoms. The van der Waals surface area contributed by atoms with E-state index in [4.69, 9.17) is 17.2 Å². The molecule has 9 nitrogen and oxygen atoms in total. The van der Waals surface area contributed by atoms with Crippen LogP contribution in [0.15, 0.2) is 65.8 Å². The number of nitrogens with zero attached hydrogens (tertiary/aromatic N) is 3. The average Bonchev–Trinajstić information content (AvgIpc) is 3.15. The second kappa shape index (κ2) is 7.92. The van der Waals surface area contributed by atoms with Crippen molar-refractivity contribution in [1.29, 1.82) is 0 Å². The minimum Gasteiger partial charge on any atom is -0.382 e. The summed E-state index contributed by atoms with van der Waals surface area (Å²) >= 11 is 0. The highest BCUT2D eigenvalue weighted by Gasteiger charge is 2.19. The van der Waals surface area contributed by atoms with Crippen LogP contribution in [-0.4, -0.2) is 26.8 Å². The molecular formula is C21H20N8O. The molecule has 0 spiro atoms. The molecule has 9 heteroatoms. The zero-order valence-electron chi connectivity index (χ0n) is 16.0. The van der Waals surface area contributed by atoms with Crippen molar-refractivity contribution in [3.05, 3.63) is 72.1 Å². The summed E-state index contributed by atoms with van der Waals surface area (Å²) in [5.74, 6) is -0.735. The van der Waals surface area contributed by atoms with Crippen LogP contribution in [0.25, 0.3) is 22.2 Å². The summed E-state index contributed by atoms with van der Waals surface area (Å²) < 4.78 is 0. The maximum Gasteiger partial charge on any atom is 0.302 e. The number of hydrogen-bond acceptors (Lipinski definition) is 5. The van der Waals surface area contributed by atoms with Crippen LogP contribution < -0.4 is 22.5 Å². The van der Waals surface area contributed by atoms with E-state index in [0.29, 0.717) is 18.1 Å². The first-order valence-corrected chi connectivity index (χ1v) is 9.18. The van der Waals surface area contributed by atoms with Crippen molar-refractivity contribution in [1.82, 2.24) is 15.0 Å². The number of rotatable bonds is 5. The Hall–Kier alpha value is -4.40. The van der Waals surface area contributed by atoms with Crippen LogP contribution in [0.2, 0.25) is 0 Å². The maximum atomic E-state index is 12.3. The van der Waals surface area contributed by atoms with Crippen molar-refractivity contribution in [2.24, 2.45) is 16.5 Å². The summed E-state index contributed by atoms with van der Waals surface area (Å²) in [5, 5.41) is 4.39. The molecule has 0 bridgehead atoms. The van der Waals surface area contributed by atoms with Gasteiger partial charge in [-0.25, -0.2) is 9.97 Å². The topological polar surface area (TPSA) is 161 Å². The number of anilines is 2. The van der Waals surface area contributed by atoms with E-state index >= 15 is 0 Å². The zero-order valence-corrected chi connectivity index (χ0v) is 16.0. The van der Waals surface area contributed by atoms with Crippen LogP contribution >= 0.6 is 0 Å². The van der Waals surface area contributed by atoms with E-state index in [2.05, 4.69) is 25.3 Å². The van der Waals surface area contributed by atoms with Gasteiger partial charge in [0.2, 0.25) is 0 Å². The molecule has 0 aliphatic rings. The third kappa shape index (κ3) is 3.76. The fraction of sp³-hybridized carbons (Fsp3) is 0.0476. The zero-order chi connectivity index (χ0) is 21.1. The highest BCUT2D eigenvalue weighted by atomic mass is 16.1. The molecule has 2 aromatic heterocycles. The molecule has 4 rings (SSSR count). The lowest BCUT2D eigenvalue weighted by Gasteiger charge is -2.13. The Balaban J connectivity index is 1.73. The molecular weight excluding hydrogens is 380 g/mol. The molecule has 0 aliphatic heterocycles. The molecule has 0 saturated carbocycles. The Morgan fingerprint density at radius 3 is 2.53 bits per heavy atom. The summed E-state index contributed by atoms with van der Waals surface area (Å²) in [4.78, 5) is 27.9. The van der Waals surface area contributed by atoms with E-state index < -0.39 is 5.91 Å². The fourth-order valence-corrected chi connectivity index (χ4v) is 3.15. The van der Waals surface area contributed by atoms with Crippen molar-refractivity contribution < 1.29 is 4.79 Å². The van der Waals surface area contributed by atoms with Crippen LogP contribution in [0.4, 0.5) is 11.6 Å². The number of aromatic nitrogens is 3. The molecule has 4 aromatic rings. The maximum absolute atomic E-state index is 12.3. The quantitative estimate of drug-likeness (QED) is 0.253. The van der Waals surface area contributed by atoms with Gasteiger partial charge in [0.15, 0.2) is 23.3 Å². The summed E-state index contributed by atoms with van der Waals surface area (Å²) in [7, 11) is 0. The number of nitrogen functional groups attached to an aromatic ring is 1. The number of para-hydroxylation sites is 1. The fourth-order valence-electron chi connectivity index (χ4n) is 3.15. The Labute approximate surface area is 172 Å². The summed E-state index contributed by atoms with van der Waals surface area (Å²) in [6.07, 6.45) is 1.94. The van der Waals surface area contributed by atoms with Gasteiger partial charge in [0.25, 0.3) is 0 Å². The van der Waals surface area contributed by atoms with Gasteiger partial charge in [0.1, 0.15) is 5.69 Å².